The average molecular weight is 281 g/mol. The summed E-state index contributed by atoms with van der Waals surface area (Å²) in [5, 5.41) is 2.81. The van der Waals surface area contributed by atoms with E-state index in [-0.39, 0.29) is 6.61 Å². The first-order chi connectivity index (χ1) is 9.70. The molecule has 1 aliphatic heterocycles. The number of halogens is 1. The lowest BCUT2D eigenvalue weighted by Gasteiger charge is -2.14. The summed E-state index contributed by atoms with van der Waals surface area (Å²) in [4.78, 5) is 23.1. The molecule has 0 aromatic heterocycles. The Balaban J connectivity index is 1.78. The highest BCUT2D eigenvalue weighted by Gasteiger charge is 2.35. The molecule has 0 radical (unpaired) electrons. The van der Waals surface area contributed by atoms with Gasteiger partial charge in [-0.1, -0.05) is 30.3 Å². The van der Waals surface area contributed by atoms with Gasteiger partial charge in [0.25, 0.3) is 0 Å². The number of hydrogen-bond acceptors (Lipinski definition) is 5. The van der Waals surface area contributed by atoms with Gasteiger partial charge in [0.1, 0.15) is 12.6 Å². The van der Waals surface area contributed by atoms with Crippen molar-refractivity contribution in [3.8, 4) is 0 Å². The number of alkyl halides is 1. The minimum atomic E-state index is -1.06. The Morgan fingerprint density at radius 1 is 1.30 bits per heavy atom. The Morgan fingerprint density at radius 3 is 2.75 bits per heavy atom. The molecule has 1 N–H and O–H groups in total. The van der Waals surface area contributed by atoms with Crippen molar-refractivity contribution >= 4 is 12.1 Å². The summed E-state index contributed by atoms with van der Waals surface area (Å²) in [7, 11) is 0. The van der Waals surface area contributed by atoms with E-state index < -0.39 is 30.8 Å². The number of carbonyl (C=O) groups excluding carboxylic acids is 2. The molecular weight excluding hydrogens is 265 g/mol. The quantitative estimate of drug-likeness (QED) is 0.673. The van der Waals surface area contributed by atoms with E-state index in [0.29, 0.717) is 13.0 Å². The van der Waals surface area contributed by atoms with Crippen molar-refractivity contribution in [1.29, 1.82) is 0 Å². The van der Waals surface area contributed by atoms with Crippen molar-refractivity contribution in [2.45, 2.75) is 19.1 Å². The minimum Gasteiger partial charge on any atom is -0.429 e. The van der Waals surface area contributed by atoms with Gasteiger partial charge in [-0.25, -0.2) is 9.59 Å². The molecule has 108 valence electrons. The lowest BCUT2D eigenvalue weighted by Crippen LogP contribution is -2.39. The van der Waals surface area contributed by atoms with E-state index in [1.165, 1.54) is 0 Å². The van der Waals surface area contributed by atoms with E-state index in [2.05, 4.69) is 10.1 Å². The van der Waals surface area contributed by atoms with Gasteiger partial charge in [-0.2, -0.15) is 0 Å². The van der Waals surface area contributed by atoms with Crippen molar-refractivity contribution in [3.63, 3.8) is 0 Å². The van der Waals surface area contributed by atoms with Gasteiger partial charge in [-0.05, 0) is 18.5 Å². The monoisotopic (exact) mass is 281 g/mol. The first-order valence-corrected chi connectivity index (χ1v) is 6.42. The maximum Gasteiger partial charge on any atom is 0.516 e. The second-order valence-electron chi connectivity index (χ2n) is 4.58. The fourth-order valence-corrected chi connectivity index (χ4v) is 2.09. The number of hydrogen-bond donors (Lipinski definition) is 1. The largest absolute Gasteiger partial charge is 0.516 e. The van der Waals surface area contributed by atoms with Crippen LogP contribution in [0.1, 0.15) is 12.0 Å². The Hall–Kier alpha value is -1.95. The van der Waals surface area contributed by atoms with Crippen LogP contribution in [0.2, 0.25) is 0 Å². The number of ether oxygens (including phenoxy) is 2. The van der Waals surface area contributed by atoms with Crippen LogP contribution in [0.4, 0.5) is 9.18 Å². The van der Waals surface area contributed by atoms with Crippen LogP contribution in [0.15, 0.2) is 30.3 Å². The van der Waals surface area contributed by atoms with Crippen LogP contribution in [0.25, 0.3) is 0 Å². The molecule has 20 heavy (non-hydrogen) atoms. The third-order valence-electron chi connectivity index (χ3n) is 3.19. The van der Waals surface area contributed by atoms with Gasteiger partial charge >= 0.3 is 12.1 Å². The van der Waals surface area contributed by atoms with Crippen molar-refractivity contribution in [2.24, 2.45) is 5.92 Å². The molecule has 2 rings (SSSR count). The molecule has 1 heterocycles. The first-order valence-electron chi connectivity index (χ1n) is 6.42. The van der Waals surface area contributed by atoms with Crippen molar-refractivity contribution < 1.29 is 23.5 Å². The molecule has 0 spiro atoms. The molecule has 1 fully saturated rings. The lowest BCUT2D eigenvalue weighted by atomic mass is 10.0. The van der Waals surface area contributed by atoms with Crippen LogP contribution in [-0.4, -0.2) is 31.4 Å². The smallest absolute Gasteiger partial charge is 0.429 e. The van der Waals surface area contributed by atoms with Gasteiger partial charge < -0.3 is 14.8 Å². The average Bonchev–Trinajstić information content (AvgIpc) is 2.95. The number of nitrogens with one attached hydrogen (secondary N) is 1. The number of benzene rings is 1. The third kappa shape index (κ3) is 3.77. The lowest BCUT2D eigenvalue weighted by molar-refractivity contribution is -0.143. The van der Waals surface area contributed by atoms with Gasteiger partial charge in [-0.15, -0.1) is 0 Å². The second kappa shape index (κ2) is 7.00. The van der Waals surface area contributed by atoms with Crippen LogP contribution in [0.5, 0.6) is 0 Å². The van der Waals surface area contributed by atoms with Gasteiger partial charge in [0.05, 0.1) is 6.67 Å². The molecule has 0 aliphatic carbocycles. The fraction of sp³-hybridized carbons (Fsp3) is 0.429. The normalized spacial score (nSPS) is 21.4. The summed E-state index contributed by atoms with van der Waals surface area (Å²) in [6.07, 6.45) is -0.514. The molecular formula is C14H16FNO4. The predicted molar refractivity (Wildman–Crippen MR) is 68.6 cm³/mol. The Kier molecular flexibility index (Phi) is 5.06. The summed E-state index contributed by atoms with van der Waals surface area (Å²) in [5.74, 6) is -1.23. The molecule has 1 saturated heterocycles. The van der Waals surface area contributed by atoms with Crippen LogP contribution in [-0.2, 0) is 20.9 Å². The van der Waals surface area contributed by atoms with E-state index >= 15 is 0 Å². The van der Waals surface area contributed by atoms with E-state index in [1.54, 1.807) is 12.1 Å². The highest BCUT2D eigenvalue weighted by molar-refractivity contribution is 5.86. The number of carbonyl (C=O) groups is 2. The highest BCUT2D eigenvalue weighted by atomic mass is 19.1. The Bertz CT molecular complexity index is 466. The molecule has 1 aromatic rings. The van der Waals surface area contributed by atoms with E-state index in [0.717, 1.165) is 5.56 Å². The van der Waals surface area contributed by atoms with Gasteiger partial charge in [0.15, 0.2) is 0 Å². The summed E-state index contributed by atoms with van der Waals surface area (Å²) in [6.45, 7) is -0.0587. The Labute approximate surface area is 116 Å². The molecule has 2 atom stereocenters. The first kappa shape index (κ1) is 14.5. The third-order valence-corrected chi connectivity index (χ3v) is 3.19. The van der Waals surface area contributed by atoms with Crippen LogP contribution < -0.4 is 5.32 Å². The molecule has 6 heteroatoms. The Morgan fingerprint density at radius 2 is 2.05 bits per heavy atom. The van der Waals surface area contributed by atoms with Gasteiger partial charge in [-0.3, -0.25) is 4.39 Å². The fourth-order valence-electron chi connectivity index (χ4n) is 2.09. The zero-order valence-electron chi connectivity index (χ0n) is 10.9. The SMILES string of the molecule is O=C(OCc1ccccc1)OC(=O)[C@H]1NCC[C@@H]1CF. The summed E-state index contributed by atoms with van der Waals surface area (Å²) in [6, 6.07) is 8.25. The summed E-state index contributed by atoms with van der Waals surface area (Å²) in [5.41, 5.74) is 0.789. The molecule has 0 saturated carbocycles. The molecule has 0 amide bonds. The van der Waals surface area contributed by atoms with Crippen LogP contribution >= 0.6 is 0 Å². The van der Waals surface area contributed by atoms with Crippen LogP contribution in [0, 0.1) is 5.92 Å². The van der Waals surface area contributed by atoms with E-state index in [1.807, 2.05) is 18.2 Å². The maximum absolute atomic E-state index is 12.7. The zero-order chi connectivity index (χ0) is 14.4. The topological polar surface area (TPSA) is 64.6 Å². The van der Waals surface area contributed by atoms with E-state index in [4.69, 9.17) is 4.74 Å². The highest BCUT2D eigenvalue weighted by Crippen LogP contribution is 2.17. The van der Waals surface area contributed by atoms with Crippen molar-refractivity contribution in [1.82, 2.24) is 5.32 Å². The minimum absolute atomic E-state index is 0.0254. The summed E-state index contributed by atoms with van der Waals surface area (Å²) >= 11 is 0. The van der Waals surface area contributed by atoms with Gasteiger partial charge in [0, 0.05) is 5.92 Å². The predicted octanol–water partition coefficient (Wildman–Crippen LogP) is 1.81. The van der Waals surface area contributed by atoms with E-state index in [9.17, 15) is 14.0 Å². The molecule has 5 nitrogen and oxygen atoms in total. The standard InChI is InChI=1S/C14H16FNO4/c15-8-11-6-7-16-12(11)13(17)20-14(18)19-9-10-4-2-1-3-5-10/h1-5,11-12,16H,6-9H2/t11-,12+/m1/s1. The molecule has 0 unspecified atom stereocenters. The maximum atomic E-state index is 12.7. The molecule has 1 aliphatic rings. The van der Waals surface area contributed by atoms with Crippen molar-refractivity contribution in [2.75, 3.05) is 13.2 Å². The van der Waals surface area contributed by atoms with Gasteiger partial charge in [0.2, 0.25) is 0 Å². The van der Waals surface area contributed by atoms with Crippen molar-refractivity contribution in [3.05, 3.63) is 35.9 Å². The second-order valence-corrected chi connectivity index (χ2v) is 4.58. The number of esters is 1. The molecule has 0 bridgehead atoms. The molecule has 1 aromatic carbocycles. The summed E-state index contributed by atoms with van der Waals surface area (Å²) < 4.78 is 22.0. The van der Waals surface area contributed by atoms with Crippen LogP contribution in [0.3, 0.4) is 0 Å². The number of rotatable bonds is 4. The zero-order valence-corrected chi connectivity index (χ0v) is 10.9.